The van der Waals surface area contributed by atoms with Crippen LogP contribution in [0.4, 0.5) is 13.2 Å². The Kier molecular flexibility index (Phi) is 10.3. The number of nitrogens with zero attached hydrogens (tertiary/aromatic N) is 3. The molecule has 17 heteroatoms. The van der Waals surface area contributed by atoms with Crippen LogP contribution in [0.15, 0.2) is 47.3 Å². The summed E-state index contributed by atoms with van der Waals surface area (Å²) in [6.07, 6.45) is -7.91. The second kappa shape index (κ2) is 12.9. The molecule has 0 aliphatic rings. The fraction of sp³-hybridized carbons (Fsp3) is 0.348. The summed E-state index contributed by atoms with van der Waals surface area (Å²) in [6.45, 7) is -0.844. The molecule has 2 atom stereocenters. The Labute approximate surface area is 241 Å². The van der Waals surface area contributed by atoms with Crippen LogP contribution in [0.3, 0.4) is 0 Å². The number of carbonyl (C=O) groups is 1. The zero-order chi connectivity index (χ0) is 29.8. The first-order valence-electron chi connectivity index (χ1n) is 11.5. The van der Waals surface area contributed by atoms with E-state index < -0.39 is 53.0 Å². The van der Waals surface area contributed by atoms with Crippen molar-refractivity contribution in [3.8, 4) is 11.4 Å². The van der Waals surface area contributed by atoms with Crippen LogP contribution in [0, 0.1) is 0 Å². The Balaban J connectivity index is 1.95. The number of hydrogen-bond donors (Lipinski definition) is 3. The van der Waals surface area contributed by atoms with Gasteiger partial charge in [0.25, 0.3) is 0 Å². The van der Waals surface area contributed by atoms with Gasteiger partial charge in [0.2, 0.25) is 15.9 Å². The van der Waals surface area contributed by atoms with Gasteiger partial charge in [0.1, 0.15) is 6.54 Å². The summed E-state index contributed by atoms with van der Waals surface area (Å²) >= 11 is 18.2. The Morgan fingerprint density at radius 2 is 1.77 bits per heavy atom. The van der Waals surface area contributed by atoms with E-state index in [1.807, 2.05) is 0 Å². The summed E-state index contributed by atoms with van der Waals surface area (Å²) in [5.41, 5.74) is -0.630. The first-order valence-corrected chi connectivity index (χ1v) is 14.3. The average molecular weight is 645 g/mol. The lowest BCUT2D eigenvalue weighted by molar-refractivity contribution is -0.207. The molecule has 0 aliphatic heterocycles. The van der Waals surface area contributed by atoms with Crippen molar-refractivity contribution in [1.82, 2.24) is 24.4 Å². The van der Waals surface area contributed by atoms with Crippen LogP contribution in [0.2, 0.25) is 15.1 Å². The predicted octanol–water partition coefficient (Wildman–Crippen LogP) is 3.39. The second-order valence-corrected chi connectivity index (χ2v) is 11.8. The van der Waals surface area contributed by atoms with E-state index in [1.54, 1.807) is 0 Å². The first kappa shape index (κ1) is 31.9. The molecule has 0 spiro atoms. The van der Waals surface area contributed by atoms with Crippen LogP contribution in [-0.2, 0) is 27.9 Å². The lowest BCUT2D eigenvalue weighted by Crippen LogP contribution is -2.41. The maximum atomic E-state index is 13.1. The van der Waals surface area contributed by atoms with Crippen molar-refractivity contribution in [3.05, 3.63) is 73.6 Å². The van der Waals surface area contributed by atoms with E-state index in [4.69, 9.17) is 34.8 Å². The minimum Gasteiger partial charge on any atom is -0.382 e. The Morgan fingerprint density at radius 3 is 2.38 bits per heavy atom. The molecule has 3 aromatic rings. The molecule has 0 radical (unpaired) electrons. The number of sulfonamides is 1. The lowest BCUT2D eigenvalue weighted by Gasteiger charge is -2.21. The van der Waals surface area contributed by atoms with Gasteiger partial charge in [-0.25, -0.2) is 22.6 Å². The van der Waals surface area contributed by atoms with Gasteiger partial charge in [0, 0.05) is 17.1 Å². The van der Waals surface area contributed by atoms with Crippen LogP contribution < -0.4 is 15.7 Å². The van der Waals surface area contributed by atoms with Crippen molar-refractivity contribution < 1.29 is 31.5 Å². The van der Waals surface area contributed by atoms with Crippen LogP contribution in [0.25, 0.3) is 11.4 Å². The van der Waals surface area contributed by atoms with Crippen LogP contribution in [0.1, 0.15) is 18.5 Å². The van der Waals surface area contributed by atoms with Crippen molar-refractivity contribution in [3.63, 3.8) is 0 Å². The molecule has 0 bridgehead atoms. The van der Waals surface area contributed by atoms with Gasteiger partial charge in [-0.1, -0.05) is 46.9 Å². The van der Waals surface area contributed by atoms with Crippen molar-refractivity contribution in [2.45, 2.75) is 38.3 Å². The zero-order valence-corrected chi connectivity index (χ0v) is 23.7. The van der Waals surface area contributed by atoms with Gasteiger partial charge in [-0.05, 0) is 42.8 Å². The number of aromatic nitrogens is 3. The number of carbonyl (C=O) groups excluding carboxylic acids is 1. The highest BCUT2D eigenvalue weighted by Crippen LogP contribution is 2.30. The number of halogens is 6. The minimum atomic E-state index is -5.02. The van der Waals surface area contributed by atoms with Gasteiger partial charge in [-0.3, -0.25) is 9.36 Å². The molecule has 10 nitrogen and oxygen atoms in total. The van der Waals surface area contributed by atoms with E-state index in [1.165, 1.54) is 49.4 Å². The number of hydrogen-bond acceptors (Lipinski definition) is 6. The molecule has 1 amide bonds. The fourth-order valence-electron chi connectivity index (χ4n) is 3.51. The molecule has 1 heterocycles. The van der Waals surface area contributed by atoms with Crippen LogP contribution in [0.5, 0.6) is 0 Å². The van der Waals surface area contributed by atoms with E-state index in [9.17, 15) is 36.3 Å². The quantitative estimate of drug-likeness (QED) is 0.293. The molecule has 0 fully saturated rings. The summed E-state index contributed by atoms with van der Waals surface area (Å²) in [5, 5.41) is 16.7. The number of amides is 1. The molecular formula is C23H23Cl3F3N5O5S. The highest BCUT2D eigenvalue weighted by atomic mass is 35.5. The van der Waals surface area contributed by atoms with Crippen molar-refractivity contribution >= 4 is 50.7 Å². The number of aliphatic hydroxyl groups is 1. The van der Waals surface area contributed by atoms with Crippen molar-refractivity contribution in [1.29, 1.82) is 0 Å². The minimum absolute atomic E-state index is 0.0535. The summed E-state index contributed by atoms with van der Waals surface area (Å²) in [5.74, 6) is -1.33. The summed E-state index contributed by atoms with van der Waals surface area (Å²) in [4.78, 5) is 26.0. The summed E-state index contributed by atoms with van der Waals surface area (Å²) in [7, 11) is -3.68. The van der Waals surface area contributed by atoms with E-state index in [0.29, 0.717) is 14.3 Å². The number of benzene rings is 2. The smallest absolute Gasteiger partial charge is 0.382 e. The first-order chi connectivity index (χ1) is 18.6. The maximum absolute atomic E-state index is 13.1. The average Bonchev–Trinajstić information content (AvgIpc) is 3.18. The van der Waals surface area contributed by atoms with Gasteiger partial charge < -0.3 is 10.4 Å². The Morgan fingerprint density at radius 1 is 1.12 bits per heavy atom. The lowest BCUT2D eigenvalue weighted by atomic mass is 10.1. The zero-order valence-electron chi connectivity index (χ0n) is 20.6. The van der Waals surface area contributed by atoms with E-state index in [2.05, 4.69) is 15.1 Å². The molecule has 0 aliphatic carbocycles. The van der Waals surface area contributed by atoms with E-state index in [-0.39, 0.29) is 39.3 Å². The van der Waals surface area contributed by atoms with Gasteiger partial charge >= 0.3 is 11.9 Å². The van der Waals surface area contributed by atoms with Gasteiger partial charge in [-0.15, -0.1) is 5.10 Å². The third-order valence-corrected chi connectivity index (χ3v) is 8.08. The van der Waals surface area contributed by atoms with E-state index >= 15 is 0 Å². The predicted molar refractivity (Wildman–Crippen MR) is 144 cm³/mol. The summed E-state index contributed by atoms with van der Waals surface area (Å²) in [6, 6.07) is 9.15. The highest BCUT2D eigenvalue weighted by Gasteiger charge is 2.39. The Hall–Kier alpha value is -2.62. The normalized spacial score (nSPS) is 13.7. The van der Waals surface area contributed by atoms with Gasteiger partial charge in [0.15, 0.2) is 11.9 Å². The fourth-order valence-corrected chi connectivity index (χ4v) is 4.70. The third-order valence-electron chi connectivity index (χ3n) is 5.63. The number of aliphatic hydroxyl groups excluding tert-OH is 1. The van der Waals surface area contributed by atoms with Crippen LogP contribution >= 0.6 is 34.8 Å². The topological polar surface area (TPSA) is 135 Å². The van der Waals surface area contributed by atoms with Crippen LogP contribution in [-0.4, -0.2) is 58.4 Å². The molecule has 3 N–H and O–H groups in total. The SMILES string of the molecule is CCS(=O)(=O)NCC(NC(=O)Cn1nc(-c2ccc(Cl)cc2)n(C[C@H](O)C(F)(F)F)c1=O)c1cccc(Cl)c1Cl. The molecule has 1 unspecified atom stereocenters. The maximum Gasteiger partial charge on any atom is 0.416 e. The molecular weight excluding hydrogens is 622 g/mol. The molecule has 218 valence electrons. The van der Waals surface area contributed by atoms with E-state index in [0.717, 1.165) is 0 Å². The van der Waals surface area contributed by atoms with Crippen molar-refractivity contribution in [2.24, 2.45) is 0 Å². The molecule has 0 saturated heterocycles. The highest BCUT2D eigenvalue weighted by molar-refractivity contribution is 7.89. The summed E-state index contributed by atoms with van der Waals surface area (Å²) < 4.78 is 66.8. The largest absolute Gasteiger partial charge is 0.416 e. The molecule has 0 saturated carbocycles. The number of rotatable bonds is 11. The van der Waals surface area contributed by atoms with Gasteiger partial charge in [0.05, 0.1) is 28.4 Å². The monoisotopic (exact) mass is 643 g/mol. The van der Waals surface area contributed by atoms with Crippen molar-refractivity contribution in [2.75, 3.05) is 12.3 Å². The number of alkyl halides is 3. The standard InChI is InChI=1S/C23H23Cl3F3N5O5S/c1-2-40(38,39)30-10-17(15-4-3-5-16(25)20(15)26)31-19(36)12-34-22(37)33(11-18(35)23(27,28)29)21(32-34)13-6-8-14(24)9-7-13/h3-9,17-18,30,35H,2,10-12H2,1H3,(H,31,36)/t17?,18-/m0/s1. The second-order valence-electron chi connectivity index (χ2n) is 8.45. The molecule has 1 aromatic heterocycles. The van der Waals surface area contributed by atoms with Gasteiger partial charge in [-0.2, -0.15) is 13.2 Å². The molecule has 3 rings (SSSR count). The third kappa shape index (κ3) is 7.98. The number of nitrogens with one attached hydrogen (secondary N) is 2. The Bertz CT molecular complexity index is 1530. The molecule has 2 aromatic carbocycles. The molecule has 40 heavy (non-hydrogen) atoms.